The summed E-state index contributed by atoms with van der Waals surface area (Å²) in [6, 6.07) is 13.6. The van der Waals surface area contributed by atoms with E-state index in [9.17, 15) is 18.1 Å². The summed E-state index contributed by atoms with van der Waals surface area (Å²) in [5.41, 5.74) is 0.309. The molecule has 5 nitrogen and oxygen atoms in total. The van der Waals surface area contributed by atoms with Gasteiger partial charge in [-0.15, -0.1) is 0 Å². The van der Waals surface area contributed by atoms with E-state index in [1.165, 1.54) is 34.6 Å². The van der Waals surface area contributed by atoms with Crippen molar-refractivity contribution < 1.29 is 12.8 Å². The monoisotopic (exact) mass is 393 g/mol. The minimum Gasteiger partial charge on any atom is -0.282 e. The zero-order valence-electron chi connectivity index (χ0n) is 13.8. The van der Waals surface area contributed by atoms with Crippen LogP contribution in [0, 0.1) is 17.1 Å². The lowest BCUT2D eigenvalue weighted by molar-refractivity contribution is 0.160. The first kappa shape index (κ1) is 18.8. The number of hydrogen-bond donors (Lipinski definition) is 0. The number of nitriles is 1. The quantitative estimate of drug-likeness (QED) is 0.800. The second kappa shape index (κ2) is 7.72. The Morgan fingerprint density at radius 1 is 1.04 bits per heavy atom. The zero-order chi connectivity index (χ0) is 18.7. The van der Waals surface area contributed by atoms with Crippen molar-refractivity contribution in [2.45, 2.75) is 10.9 Å². The summed E-state index contributed by atoms with van der Waals surface area (Å²) in [5, 5.41) is 9.95. The molecule has 1 heterocycles. The van der Waals surface area contributed by atoms with Gasteiger partial charge in [-0.25, -0.2) is 12.8 Å². The van der Waals surface area contributed by atoms with Gasteiger partial charge in [-0.3, -0.25) is 4.90 Å². The molecule has 0 bridgehead atoms. The molecule has 0 spiro atoms. The number of sulfonamides is 1. The Hall–Kier alpha value is -1.98. The number of halogens is 2. The molecule has 136 valence electrons. The Kier molecular flexibility index (Phi) is 5.58. The minimum atomic E-state index is -3.62. The van der Waals surface area contributed by atoms with Gasteiger partial charge in [-0.05, 0) is 30.3 Å². The molecule has 0 aliphatic carbocycles. The summed E-state index contributed by atoms with van der Waals surface area (Å²) < 4.78 is 40.8. The lowest BCUT2D eigenvalue weighted by Crippen LogP contribution is -2.49. The van der Waals surface area contributed by atoms with E-state index in [0.717, 1.165) is 0 Å². The molecule has 1 unspecified atom stereocenters. The molecule has 8 heteroatoms. The van der Waals surface area contributed by atoms with Crippen molar-refractivity contribution in [3.05, 3.63) is 64.9 Å². The lowest BCUT2D eigenvalue weighted by Gasteiger charge is -2.36. The van der Waals surface area contributed by atoms with E-state index in [2.05, 4.69) is 6.07 Å². The molecule has 0 amide bonds. The highest BCUT2D eigenvalue weighted by Gasteiger charge is 2.32. The van der Waals surface area contributed by atoms with E-state index < -0.39 is 21.9 Å². The fourth-order valence-corrected chi connectivity index (χ4v) is 4.55. The molecule has 0 radical (unpaired) electrons. The van der Waals surface area contributed by atoms with E-state index in [1.54, 1.807) is 23.1 Å². The first-order valence-corrected chi connectivity index (χ1v) is 9.89. The van der Waals surface area contributed by atoms with Gasteiger partial charge in [-0.1, -0.05) is 29.8 Å². The second-order valence-corrected chi connectivity index (χ2v) is 8.32. The summed E-state index contributed by atoms with van der Waals surface area (Å²) in [5.74, 6) is -0.435. The molecular weight excluding hydrogens is 377 g/mol. The van der Waals surface area contributed by atoms with Crippen molar-refractivity contribution >= 4 is 21.6 Å². The number of nitrogens with zero attached hydrogens (tertiary/aromatic N) is 3. The fourth-order valence-electron chi connectivity index (χ4n) is 3.00. The second-order valence-electron chi connectivity index (χ2n) is 5.95. The Labute approximate surface area is 157 Å². The number of piperazine rings is 1. The fraction of sp³-hybridized carbons (Fsp3) is 0.278. The smallest absolute Gasteiger partial charge is 0.243 e. The first-order chi connectivity index (χ1) is 12.4. The van der Waals surface area contributed by atoms with Crippen molar-refractivity contribution in [1.82, 2.24) is 9.21 Å². The van der Waals surface area contributed by atoms with Crippen molar-refractivity contribution in [1.29, 1.82) is 5.26 Å². The zero-order valence-corrected chi connectivity index (χ0v) is 15.4. The molecule has 26 heavy (non-hydrogen) atoms. The predicted octanol–water partition coefficient (Wildman–Crippen LogP) is 3.05. The maximum Gasteiger partial charge on any atom is 0.243 e. The Balaban J connectivity index is 1.73. The number of rotatable bonds is 4. The van der Waals surface area contributed by atoms with Crippen LogP contribution < -0.4 is 0 Å². The van der Waals surface area contributed by atoms with Crippen LogP contribution in [0.4, 0.5) is 4.39 Å². The van der Waals surface area contributed by atoms with Crippen LogP contribution in [0.1, 0.15) is 11.6 Å². The van der Waals surface area contributed by atoms with Gasteiger partial charge >= 0.3 is 0 Å². The van der Waals surface area contributed by atoms with Crippen molar-refractivity contribution in [2.24, 2.45) is 0 Å². The van der Waals surface area contributed by atoms with Crippen LogP contribution >= 0.6 is 11.6 Å². The molecule has 1 fully saturated rings. The molecule has 3 rings (SSSR count). The average Bonchev–Trinajstić information content (AvgIpc) is 2.65. The Morgan fingerprint density at radius 3 is 2.23 bits per heavy atom. The first-order valence-electron chi connectivity index (χ1n) is 8.07. The molecule has 2 aromatic rings. The molecule has 1 atom stereocenters. The molecule has 0 aromatic heterocycles. The SMILES string of the molecule is N#CC(c1ccccc1F)N1CCN(S(=O)(=O)c2ccc(Cl)cc2)CC1. The van der Waals surface area contributed by atoms with Gasteiger partial charge in [-0.2, -0.15) is 9.57 Å². The molecule has 0 N–H and O–H groups in total. The van der Waals surface area contributed by atoms with E-state index in [0.29, 0.717) is 23.7 Å². The maximum absolute atomic E-state index is 14.0. The average molecular weight is 394 g/mol. The van der Waals surface area contributed by atoms with Crippen LogP contribution in [0.15, 0.2) is 53.4 Å². The topological polar surface area (TPSA) is 64.4 Å². The highest BCUT2D eigenvalue weighted by Crippen LogP contribution is 2.26. The maximum atomic E-state index is 14.0. The highest BCUT2D eigenvalue weighted by atomic mass is 35.5. The van der Waals surface area contributed by atoms with E-state index in [1.807, 2.05) is 0 Å². The van der Waals surface area contributed by atoms with E-state index >= 15 is 0 Å². The predicted molar refractivity (Wildman–Crippen MR) is 96.5 cm³/mol. The van der Waals surface area contributed by atoms with E-state index in [-0.39, 0.29) is 18.0 Å². The van der Waals surface area contributed by atoms with Crippen LogP contribution in [0.3, 0.4) is 0 Å². The third-order valence-electron chi connectivity index (χ3n) is 4.41. The minimum absolute atomic E-state index is 0.182. The lowest BCUT2D eigenvalue weighted by atomic mass is 10.1. The van der Waals surface area contributed by atoms with Gasteiger partial charge in [0.1, 0.15) is 11.9 Å². The van der Waals surface area contributed by atoms with Crippen molar-refractivity contribution in [2.75, 3.05) is 26.2 Å². The Bertz CT molecular complexity index is 920. The summed E-state index contributed by atoms with van der Waals surface area (Å²) in [6.45, 7) is 1.16. The van der Waals surface area contributed by atoms with Crippen LogP contribution in [0.5, 0.6) is 0 Å². The van der Waals surface area contributed by atoms with Gasteiger partial charge in [0.2, 0.25) is 10.0 Å². The number of hydrogen-bond acceptors (Lipinski definition) is 4. The van der Waals surface area contributed by atoms with Crippen LogP contribution in [0.2, 0.25) is 5.02 Å². The molecule has 1 aliphatic heterocycles. The standard InChI is InChI=1S/C18H17ClFN3O2S/c19-14-5-7-15(8-6-14)26(24,25)23-11-9-22(10-12-23)18(13-21)16-3-1-2-4-17(16)20/h1-8,18H,9-12H2. The third kappa shape index (κ3) is 3.74. The highest BCUT2D eigenvalue weighted by molar-refractivity contribution is 7.89. The number of benzene rings is 2. The summed E-state index contributed by atoms with van der Waals surface area (Å²) in [6.07, 6.45) is 0. The van der Waals surface area contributed by atoms with Crippen LogP contribution in [-0.2, 0) is 10.0 Å². The van der Waals surface area contributed by atoms with Crippen LogP contribution in [-0.4, -0.2) is 43.8 Å². The molecule has 1 saturated heterocycles. The molecular formula is C18H17ClFN3O2S. The van der Waals surface area contributed by atoms with Gasteiger partial charge in [0.15, 0.2) is 0 Å². The van der Waals surface area contributed by atoms with Crippen molar-refractivity contribution in [3.8, 4) is 6.07 Å². The largest absolute Gasteiger partial charge is 0.282 e. The van der Waals surface area contributed by atoms with Gasteiger partial charge in [0, 0.05) is 36.8 Å². The third-order valence-corrected chi connectivity index (χ3v) is 6.58. The molecule has 1 aliphatic rings. The Morgan fingerprint density at radius 2 is 1.65 bits per heavy atom. The van der Waals surface area contributed by atoms with Gasteiger partial charge < -0.3 is 0 Å². The molecule has 2 aromatic carbocycles. The summed E-state index contributed by atoms with van der Waals surface area (Å²) in [4.78, 5) is 1.98. The van der Waals surface area contributed by atoms with Gasteiger partial charge in [0.25, 0.3) is 0 Å². The van der Waals surface area contributed by atoms with E-state index in [4.69, 9.17) is 11.6 Å². The normalized spacial score (nSPS) is 17.6. The summed E-state index contributed by atoms with van der Waals surface area (Å²) >= 11 is 5.81. The summed E-state index contributed by atoms with van der Waals surface area (Å²) in [7, 11) is -3.62. The molecule has 0 saturated carbocycles. The van der Waals surface area contributed by atoms with Crippen LogP contribution in [0.25, 0.3) is 0 Å². The van der Waals surface area contributed by atoms with Crippen molar-refractivity contribution in [3.63, 3.8) is 0 Å². The van der Waals surface area contributed by atoms with Gasteiger partial charge in [0.05, 0.1) is 11.0 Å².